The van der Waals surface area contributed by atoms with Gasteiger partial charge in [-0.3, -0.25) is 4.68 Å². The van der Waals surface area contributed by atoms with Gasteiger partial charge in [0, 0.05) is 0 Å². The summed E-state index contributed by atoms with van der Waals surface area (Å²) in [6.07, 6.45) is 1.34. The number of aromatic carboxylic acids is 1. The lowest BCUT2D eigenvalue weighted by Crippen LogP contribution is -2.10. The van der Waals surface area contributed by atoms with E-state index >= 15 is 0 Å². The Bertz CT molecular complexity index is 605. The van der Waals surface area contributed by atoms with Crippen molar-refractivity contribution in [2.24, 2.45) is 0 Å². The Hall–Kier alpha value is -2.17. The van der Waals surface area contributed by atoms with Crippen LogP contribution in [-0.2, 0) is 6.54 Å². The largest absolute Gasteiger partial charge is 0.478 e. The molecule has 2 rings (SSSR count). The van der Waals surface area contributed by atoms with Crippen LogP contribution >= 0.6 is 0 Å². The minimum Gasteiger partial charge on any atom is -0.478 e. The first-order chi connectivity index (χ1) is 8.99. The predicted octanol–water partition coefficient (Wildman–Crippen LogP) is 2.89. The molecule has 0 aliphatic carbocycles. The van der Waals surface area contributed by atoms with Gasteiger partial charge in [0.15, 0.2) is 0 Å². The average molecular weight is 262 g/mol. The average Bonchev–Trinajstić information content (AvgIpc) is 2.73. The highest BCUT2D eigenvalue weighted by atomic mass is 19.1. The summed E-state index contributed by atoms with van der Waals surface area (Å²) in [5, 5.41) is 13.2. The number of rotatable bonds is 4. The van der Waals surface area contributed by atoms with Gasteiger partial charge in [-0.05, 0) is 23.6 Å². The first kappa shape index (κ1) is 13.3. The van der Waals surface area contributed by atoms with E-state index in [2.05, 4.69) is 5.10 Å². The van der Waals surface area contributed by atoms with Crippen LogP contribution < -0.4 is 0 Å². The Labute approximate surface area is 110 Å². The highest BCUT2D eigenvalue weighted by molar-refractivity contribution is 5.88. The lowest BCUT2D eigenvalue weighted by Gasteiger charge is -2.11. The molecule has 0 spiro atoms. The lowest BCUT2D eigenvalue weighted by atomic mass is 10.1. The molecule has 2 aromatic rings. The highest BCUT2D eigenvalue weighted by Crippen LogP contribution is 2.20. The quantitative estimate of drug-likeness (QED) is 0.921. The third kappa shape index (κ3) is 2.81. The van der Waals surface area contributed by atoms with Crippen LogP contribution in [0.5, 0.6) is 0 Å². The second-order valence-electron chi connectivity index (χ2n) is 4.69. The maximum absolute atomic E-state index is 13.1. The van der Waals surface area contributed by atoms with E-state index in [1.165, 1.54) is 18.3 Å². The number of hydrogen-bond donors (Lipinski definition) is 1. The number of halogens is 1. The molecule has 0 fully saturated rings. The van der Waals surface area contributed by atoms with Gasteiger partial charge in [0.25, 0.3) is 0 Å². The van der Waals surface area contributed by atoms with Crippen LogP contribution in [0.3, 0.4) is 0 Å². The van der Waals surface area contributed by atoms with Gasteiger partial charge in [-0.15, -0.1) is 0 Å². The number of aromatic nitrogens is 2. The highest BCUT2D eigenvalue weighted by Gasteiger charge is 2.19. The molecule has 100 valence electrons. The van der Waals surface area contributed by atoms with Crippen LogP contribution in [0, 0.1) is 5.82 Å². The van der Waals surface area contributed by atoms with Crippen molar-refractivity contribution in [3.63, 3.8) is 0 Å². The summed E-state index contributed by atoms with van der Waals surface area (Å²) in [5.41, 5.74) is 1.60. The van der Waals surface area contributed by atoms with Gasteiger partial charge in [0.05, 0.1) is 18.4 Å². The van der Waals surface area contributed by atoms with Gasteiger partial charge in [-0.25, -0.2) is 9.18 Å². The summed E-state index contributed by atoms with van der Waals surface area (Å²) in [5.74, 6) is -1.27. The van der Waals surface area contributed by atoms with Gasteiger partial charge in [-0.2, -0.15) is 5.10 Å². The molecule has 0 bridgehead atoms. The van der Waals surface area contributed by atoms with Crippen molar-refractivity contribution in [3.8, 4) is 0 Å². The number of carboxylic acids is 1. The molecule has 0 atom stereocenters. The smallest absolute Gasteiger partial charge is 0.339 e. The predicted molar refractivity (Wildman–Crippen MR) is 68.8 cm³/mol. The number of hydrogen-bond acceptors (Lipinski definition) is 2. The number of carboxylic acid groups (broad SMARTS) is 1. The summed E-state index contributed by atoms with van der Waals surface area (Å²) < 4.78 is 14.8. The number of carbonyl (C=O) groups is 1. The van der Waals surface area contributed by atoms with E-state index in [4.69, 9.17) is 5.11 Å². The van der Waals surface area contributed by atoms with Crippen molar-refractivity contribution < 1.29 is 14.3 Å². The zero-order valence-electron chi connectivity index (χ0n) is 10.8. The monoisotopic (exact) mass is 262 g/mol. The van der Waals surface area contributed by atoms with Gasteiger partial charge in [-0.1, -0.05) is 26.0 Å². The van der Waals surface area contributed by atoms with E-state index in [0.717, 1.165) is 5.56 Å². The standard InChI is InChI=1S/C14H15FN2O2/c1-9(2)13-12(14(18)19)7-16-17(13)8-10-4-3-5-11(15)6-10/h3-7,9H,8H2,1-2H3,(H,18,19). The van der Waals surface area contributed by atoms with Crippen LogP contribution in [0.4, 0.5) is 4.39 Å². The second kappa shape index (κ2) is 5.22. The van der Waals surface area contributed by atoms with Gasteiger partial charge < -0.3 is 5.11 Å². The summed E-state index contributed by atoms with van der Waals surface area (Å²) in [4.78, 5) is 11.1. The zero-order valence-corrected chi connectivity index (χ0v) is 10.8. The van der Waals surface area contributed by atoms with Crippen molar-refractivity contribution >= 4 is 5.97 Å². The van der Waals surface area contributed by atoms with Crippen molar-refractivity contribution in [1.29, 1.82) is 0 Å². The molecular formula is C14H15FN2O2. The molecule has 0 saturated carbocycles. The first-order valence-electron chi connectivity index (χ1n) is 6.02. The van der Waals surface area contributed by atoms with Gasteiger partial charge >= 0.3 is 5.97 Å². The second-order valence-corrected chi connectivity index (χ2v) is 4.69. The fourth-order valence-electron chi connectivity index (χ4n) is 2.10. The Kier molecular flexibility index (Phi) is 3.64. The first-order valence-corrected chi connectivity index (χ1v) is 6.02. The molecule has 1 N–H and O–H groups in total. The van der Waals surface area contributed by atoms with Crippen LogP contribution in [-0.4, -0.2) is 20.9 Å². The minimum atomic E-state index is -0.991. The van der Waals surface area contributed by atoms with E-state index in [1.54, 1.807) is 16.8 Å². The van der Waals surface area contributed by atoms with Gasteiger partial charge in [0.1, 0.15) is 11.4 Å². The number of benzene rings is 1. The normalized spacial score (nSPS) is 10.9. The topological polar surface area (TPSA) is 55.1 Å². The molecule has 5 heteroatoms. The zero-order chi connectivity index (χ0) is 14.0. The fraction of sp³-hybridized carbons (Fsp3) is 0.286. The SMILES string of the molecule is CC(C)c1c(C(=O)O)cnn1Cc1cccc(F)c1. The van der Waals surface area contributed by atoms with E-state index in [0.29, 0.717) is 12.2 Å². The molecule has 0 saturated heterocycles. The lowest BCUT2D eigenvalue weighted by molar-refractivity contribution is 0.0695. The van der Waals surface area contributed by atoms with Crippen molar-refractivity contribution in [3.05, 3.63) is 53.1 Å². The third-order valence-electron chi connectivity index (χ3n) is 2.88. The van der Waals surface area contributed by atoms with E-state index in [-0.39, 0.29) is 17.3 Å². The van der Waals surface area contributed by atoms with Crippen LogP contribution in [0.25, 0.3) is 0 Å². The minimum absolute atomic E-state index is 0.0298. The molecule has 0 amide bonds. The Morgan fingerprint density at radius 1 is 1.47 bits per heavy atom. The summed E-state index contributed by atoms with van der Waals surface area (Å²) in [7, 11) is 0. The Balaban J connectivity index is 2.38. The van der Waals surface area contributed by atoms with E-state index in [9.17, 15) is 9.18 Å². The van der Waals surface area contributed by atoms with E-state index < -0.39 is 5.97 Å². The Morgan fingerprint density at radius 2 is 2.21 bits per heavy atom. The molecule has 1 aromatic carbocycles. The van der Waals surface area contributed by atoms with Crippen LogP contribution in [0.15, 0.2) is 30.5 Å². The van der Waals surface area contributed by atoms with Crippen LogP contribution in [0.2, 0.25) is 0 Å². The summed E-state index contributed by atoms with van der Waals surface area (Å²) in [6.45, 7) is 4.18. The molecule has 4 nitrogen and oxygen atoms in total. The molecular weight excluding hydrogens is 247 g/mol. The molecule has 1 aromatic heterocycles. The summed E-state index contributed by atoms with van der Waals surface area (Å²) in [6, 6.07) is 6.21. The van der Waals surface area contributed by atoms with Crippen molar-refractivity contribution in [2.45, 2.75) is 26.3 Å². The summed E-state index contributed by atoms with van der Waals surface area (Å²) >= 11 is 0. The molecule has 0 aliphatic rings. The fourth-order valence-corrected chi connectivity index (χ4v) is 2.10. The maximum atomic E-state index is 13.1. The molecule has 1 heterocycles. The third-order valence-corrected chi connectivity index (χ3v) is 2.88. The molecule has 0 unspecified atom stereocenters. The molecule has 0 aliphatic heterocycles. The van der Waals surface area contributed by atoms with Crippen molar-refractivity contribution in [1.82, 2.24) is 9.78 Å². The maximum Gasteiger partial charge on any atom is 0.339 e. The molecule has 19 heavy (non-hydrogen) atoms. The van der Waals surface area contributed by atoms with E-state index in [1.807, 2.05) is 13.8 Å². The van der Waals surface area contributed by atoms with Crippen molar-refractivity contribution in [2.75, 3.05) is 0 Å². The number of nitrogens with zero attached hydrogens (tertiary/aromatic N) is 2. The van der Waals surface area contributed by atoms with Gasteiger partial charge in [0.2, 0.25) is 0 Å². The Morgan fingerprint density at radius 3 is 2.79 bits per heavy atom. The van der Waals surface area contributed by atoms with Crippen LogP contribution in [0.1, 0.15) is 41.4 Å². The molecule has 0 radical (unpaired) electrons.